The van der Waals surface area contributed by atoms with Crippen LogP contribution in [0.3, 0.4) is 0 Å². The molecule has 3 rings (SSSR count). The first-order chi connectivity index (χ1) is 10.1. The molecule has 5 heteroatoms. The molecule has 0 saturated carbocycles. The van der Waals surface area contributed by atoms with E-state index in [1.54, 1.807) is 7.05 Å². The molecular weight excluding hydrogens is 268 g/mol. The number of aliphatic hydroxyl groups is 2. The van der Waals surface area contributed by atoms with E-state index in [1.165, 1.54) is 11.3 Å². The average molecular weight is 290 g/mol. The van der Waals surface area contributed by atoms with Crippen molar-refractivity contribution in [3.8, 4) is 0 Å². The van der Waals surface area contributed by atoms with Gasteiger partial charge in [0.15, 0.2) is 6.10 Å². The Morgan fingerprint density at radius 1 is 1.29 bits per heavy atom. The van der Waals surface area contributed by atoms with Crippen molar-refractivity contribution in [2.24, 2.45) is 0 Å². The van der Waals surface area contributed by atoms with E-state index in [0.29, 0.717) is 5.56 Å². The molecule has 2 heterocycles. The fraction of sp³-hybridized carbons (Fsp3) is 0.562. The van der Waals surface area contributed by atoms with E-state index in [-0.39, 0.29) is 18.6 Å². The van der Waals surface area contributed by atoms with E-state index >= 15 is 0 Å². The van der Waals surface area contributed by atoms with Gasteiger partial charge in [-0.3, -0.25) is 4.79 Å². The van der Waals surface area contributed by atoms with E-state index in [9.17, 15) is 15.0 Å². The van der Waals surface area contributed by atoms with Crippen LogP contribution in [0.25, 0.3) is 0 Å². The van der Waals surface area contributed by atoms with Gasteiger partial charge in [0.1, 0.15) is 0 Å². The highest BCUT2D eigenvalue weighted by Crippen LogP contribution is 2.38. The number of aliphatic hydroxyl groups excluding tert-OH is 2. The van der Waals surface area contributed by atoms with Crippen LogP contribution in [-0.4, -0.2) is 42.4 Å². The fourth-order valence-corrected chi connectivity index (χ4v) is 3.37. The molecule has 2 unspecified atom stereocenters. The van der Waals surface area contributed by atoms with Crippen LogP contribution < -0.4 is 9.80 Å². The molecule has 2 atom stereocenters. The zero-order valence-electron chi connectivity index (χ0n) is 12.3. The van der Waals surface area contributed by atoms with Crippen LogP contribution in [0.15, 0.2) is 18.2 Å². The van der Waals surface area contributed by atoms with Gasteiger partial charge in [0, 0.05) is 24.8 Å². The van der Waals surface area contributed by atoms with Crippen molar-refractivity contribution in [2.45, 2.75) is 37.8 Å². The van der Waals surface area contributed by atoms with Gasteiger partial charge in [-0.1, -0.05) is 18.9 Å². The number of carbonyl (C=O) groups excluding carboxylic acids is 1. The second kappa shape index (κ2) is 5.66. The summed E-state index contributed by atoms with van der Waals surface area (Å²) in [6, 6.07) is 5.87. The van der Waals surface area contributed by atoms with Crippen molar-refractivity contribution in [2.75, 3.05) is 30.0 Å². The topological polar surface area (TPSA) is 64.0 Å². The maximum absolute atomic E-state index is 11.8. The summed E-state index contributed by atoms with van der Waals surface area (Å²) >= 11 is 0. The molecule has 21 heavy (non-hydrogen) atoms. The monoisotopic (exact) mass is 290 g/mol. The Morgan fingerprint density at radius 3 is 2.86 bits per heavy atom. The molecule has 1 amide bonds. The minimum absolute atomic E-state index is 0.137. The summed E-state index contributed by atoms with van der Waals surface area (Å²) in [7, 11) is 1.69. The van der Waals surface area contributed by atoms with Gasteiger partial charge >= 0.3 is 0 Å². The first-order valence-electron chi connectivity index (χ1n) is 7.60. The lowest BCUT2D eigenvalue weighted by molar-refractivity contribution is -0.125. The van der Waals surface area contributed by atoms with Crippen molar-refractivity contribution in [1.29, 1.82) is 0 Å². The fourth-order valence-electron chi connectivity index (χ4n) is 3.37. The third kappa shape index (κ3) is 2.40. The molecule has 1 aromatic carbocycles. The van der Waals surface area contributed by atoms with Crippen molar-refractivity contribution in [3.05, 3.63) is 23.8 Å². The number of rotatable bonds is 2. The molecule has 0 radical (unpaired) electrons. The van der Waals surface area contributed by atoms with Crippen molar-refractivity contribution < 1.29 is 15.0 Å². The standard InChI is InChI=1S/C16H22N2O3/c1-17-14-9-11(6-7-13(14)15(20)16(17)21)18-8-4-2-3-5-12(18)10-19/h6-7,9,12,15,19-20H,2-5,8,10H2,1H3. The van der Waals surface area contributed by atoms with E-state index in [2.05, 4.69) is 4.90 Å². The van der Waals surface area contributed by atoms with Gasteiger partial charge in [-0.2, -0.15) is 0 Å². The van der Waals surface area contributed by atoms with Gasteiger partial charge in [0.25, 0.3) is 5.91 Å². The molecule has 5 nitrogen and oxygen atoms in total. The number of carbonyl (C=O) groups is 1. The maximum Gasteiger partial charge on any atom is 0.260 e. The smallest absolute Gasteiger partial charge is 0.260 e. The number of nitrogens with zero attached hydrogens (tertiary/aromatic N) is 2. The minimum Gasteiger partial charge on any atom is -0.394 e. The second-order valence-electron chi connectivity index (χ2n) is 5.92. The average Bonchev–Trinajstić information content (AvgIpc) is 2.70. The summed E-state index contributed by atoms with van der Waals surface area (Å²) in [6.45, 7) is 1.07. The number of hydrogen-bond acceptors (Lipinski definition) is 4. The number of fused-ring (bicyclic) bond motifs is 1. The van der Waals surface area contributed by atoms with Crippen LogP contribution in [0.2, 0.25) is 0 Å². The van der Waals surface area contributed by atoms with Gasteiger partial charge in [-0.25, -0.2) is 0 Å². The summed E-state index contributed by atoms with van der Waals surface area (Å²) in [6.07, 6.45) is 3.39. The van der Waals surface area contributed by atoms with Gasteiger partial charge in [0.05, 0.1) is 18.3 Å². The summed E-state index contributed by atoms with van der Waals surface area (Å²) in [5.41, 5.74) is 2.45. The first-order valence-corrected chi connectivity index (χ1v) is 7.60. The third-order valence-corrected chi connectivity index (χ3v) is 4.65. The Labute approximate surface area is 124 Å². The van der Waals surface area contributed by atoms with Crippen LogP contribution in [0.1, 0.15) is 37.4 Å². The van der Waals surface area contributed by atoms with Crippen LogP contribution in [-0.2, 0) is 4.79 Å². The number of amides is 1. The third-order valence-electron chi connectivity index (χ3n) is 4.65. The number of anilines is 2. The van der Waals surface area contributed by atoms with E-state index < -0.39 is 6.10 Å². The Balaban J connectivity index is 1.95. The second-order valence-corrected chi connectivity index (χ2v) is 5.92. The van der Waals surface area contributed by atoms with E-state index in [1.807, 2.05) is 18.2 Å². The molecule has 2 N–H and O–H groups in total. The molecule has 0 bridgehead atoms. The molecular formula is C16H22N2O3. The van der Waals surface area contributed by atoms with Gasteiger partial charge in [-0.05, 0) is 25.0 Å². The summed E-state index contributed by atoms with van der Waals surface area (Å²) in [5, 5.41) is 19.6. The predicted octanol–water partition coefficient (Wildman–Crippen LogP) is 1.44. The maximum atomic E-state index is 11.8. The van der Waals surface area contributed by atoms with Crippen LogP contribution in [0.5, 0.6) is 0 Å². The van der Waals surface area contributed by atoms with Crippen LogP contribution in [0, 0.1) is 0 Å². The van der Waals surface area contributed by atoms with Gasteiger partial charge in [0.2, 0.25) is 0 Å². The molecule has 1 fully saturated rings. The van der Waals surface area contributed by atoms with Crippen molar-refractivity contribution >= 4 is 17.3 Å². The lowest BCUT2D eigenvalue weighted by atomic mass is 10.1. The summed E-state index contributed by atoms with van der Waals surface area (Å²) in [5.74, 6) is -0.281. The molecule has 2 aliphatic rings. The lowest BCUT2D eigenvalue weighted by Gasteiger charge is -2.31. The van der Waals surface area contributed by atoms with Crippen LogP contribution in [0.4, 0.5) is 11.4 Å². The minimum atomic E-state index is -1.04. The highest BCUT2D eigenvalue weighted by Gasteiger charge is 2.34. The molecule has 0 aromatic heterocycles. The van der Waals surface area contributed by atoms with Crippen molar-refractivity contribution in [1.82, 2.24) is 0 Å². The lowest BCUT2D eigenvalue weighted by Crippen LogP contribution is -2.37. The van der Waals surface area contributed by atoms with Gasteiger partial charge < -0.3 is 20.0 Å². The largest absolute Gasteiger partial charge is 0.394 e. The zero-order valence-corrected chi connectivity index (χ0v) is 12.3. The van der Waals surface area contributed by atoms with Gasteiger partial charge in [-0.15, -0.1) is 0 Å². The molecule has 1 aromatic rings. The Kier molecular flexibility index (Phi) is 3.87. The number of hydrogen-bond donors (Lipinski definition) is 2. The quantitative estimate of drug-likeness (QED) is 0.865. The zero-order chi connectivity index (χ0) is 15.0. The molecule has 0 spiro atoms. The van der Waals surface area contributed by atoms with Crippen LogP contribution >= 0.6 is 0 Å². The Bertz CT molecular complexity index is 546. The van der Waals surface area contributed by atoms with Crippen molar-refractivity contribution in [3.63, 3.8) is 0 Å². The molecule has 0 aliphatic carbocycles. The number of likely N-dealkylation sites (N-methyl/N-ethyl adjacent to an activating group) is 1. The SMILES string of the molecule is CN1C(=O)C(O)c2ccc(N3CCCCCC3CO)cc21. The molecule has 2 aliphatic heterocycles. The Morgan fingerprint density at radius 2 is 2.10 bits per heavy atom. The summed E-state index contributed by atoms with van der Waals surface area (Å²) in [4.78, 5) is 15.6. The molecule has 1 saturated heterocycles. The van der Waals surface area contributed by atoms with E-state index in [0.717, 1.165) is 37.2 Å². The number of benzene rings is 1. The predicted molar refractivity (Wildman–Crippen MR) is 81.5 cm³/mol. The summed E-state index contributed by atoms with van der Waals surface area (Å²) < 4.78 is 0. The molecule has 114 valence electrons. The highest BCUT2D eigenvalue weighted by molar-refractivity contribution is 6.03. The first kappa shape index (κ1) is 14.4. The highest BCUT2D eigenvalue weighted by atomic mass is 16.3. The Hall–Kier alpha value is -1.59. The van der Waals surface area contributed by atoms with E-state index in [4.69, 9.17) is 0 Å². The normalized spacial score (nSPS) is 26.0.